The normalized spacial score (nSPS) is 21.5. The van der Waals surface area contributed by atoms with Gasteiger partial charge >= 0.3 is 0 Å². The first-order valence-corrected chi connectivity index (χ1v) is 4.36. The Morgan fingerprint density at radius 3 is 3.15 bits per heavy atom. The van der Waals surface area contributed by atoms with Crippen molar-refractivity contribution in [3.63, 3.8) is 0 Å². The van der Waals surface area contributed by atoms with Gasteiger partial charge in [0.2, 0.25) is 0 Å². The van der Waals surface area contributed by atoms with Crippen LogP contribution in [0.3, 0.4) is 0 Å². The fourth-order valence-corrected chi connectivity index (χ4v) is 1.40. The van der Waals surface area contributed by atoms with E-state index in [-0.39, 0.29) is 6.29 Å². The van der Waals surface area contributed by atoms with Crippen LogP contribution in [0.5, 0.6) is 0 Å². The maximum absolute atomic E-state index is 5.49. The Bertz CT molecular complexity index is 261. The molecular formula is C10H13NO2. The average molecular weight is 179 g/mol. The van der Waals surface area contributed by atoms with Crippen molar-refractivity contribution in [1.29, 1.82) is 0 Å². The molecule has 0 aliphatic carbocycles. The summed E-state index contributed by atoms with van der Waals surface area (Å²) in [4.78, 5) is 0. The van der Waals surface area contributed by atoms with E-state index in [1.807, 2.05) is 12.1 Å². The number of ether oxygens (including phenoxy) is 2. The molecule has 0 fully saturated rings. The van der Waals surface area contributed by atoms with Gasteiger partial charge in [-0.2, -0.15) is 0 Å². The van der Waals surface area contributed by atoms with Crippen LogP contribution in [0, 0.1) is 0 Å². The lowest BCUT2D eigenvalue weighted by molar-refractivity contribution is -0.119. The lowest BCUT2D eigenvalue weighted by Crippen LogP contribution is -2.22. The fraction of sp³-hybridized carbons (Fsp3) is 0.400. The molecule has 1 aliphatic rings. The number of fused-ring (bicyclic) bond motifs is 1. The highest BCUT2D eigenvalue weighted by Crippen LogP contribution is 2.19. The zero-order chi connectivity index (χ0) is 9.10. The smallest absolute Gasteiger partial charge is 0.174 e. The molecule has 0 bridgehead atoms. The summed E-state index contributed by atoms with van der Waals surface area (Å²) in [6, 6.07) is 8.13. The number of anilines is 1. The van der Waals surface area contributed by atoms with Gasteiger partial charge in [0, 0.05) is 18.4 Å². The molecule has 1 aliphatic heterocycles. The summed E-state index contributed by atoms with van der Waals surface area (Å²) < 4.78 is 10.6. The Balaban J connectivity index is 2.17. The van der Waals surface area contributed by atoms with Gasteiger partial charge in [0.1, 0.15) is 0 Å². The number of hydrogen-bond donors (Lipinski definition) is 1. The zero-order valence-corrected chi connectivity index (χ0v) is 7.62. The lowest BCUT2D eigenvalue weighted by Gasteiger charge is -2.11. The molecule has 0 spiro atoms. The maximum atomic E-state index is 5.49. The van der Waals surface area contributed by atoms with E-state index in [2.05, 4.69) is 17.4 Å². The first-order valence-electron chi connectivity index (χ1n) is 4.36. The topological polar surface area (TPSA) is 30.5 Å². The van der Waals surface area contributed by atoms with Crippen molar-refractivity contribution in [1.82, 2.24) is 0 Å². The van der Waals surface area contributed by atoms with E-state index >= 15 is 0 Å². The minimum Gasteiger partial charge on any atom is -0.380 e. The predicted octanol–water partition coefficient (Wildman–Crippen LogP) is 1.60. The van der Waals surface area contributed by atoms with Crippen molar-refractivity contribution >= 4 is 5.69 Å². The van der Waals surface area contributed by atoms with Crippen molar-refractivity contribution in [2.45, 2.75) is 12.9 Å². The zero-order valence-electron chi connectivity index (χ0n) is 7.62. The molecule has 1 unspecified atom stereocenters. The Labute approximate surface area is 77.7 Å². The second-order valence-corrected chi connectivity index (χ2v) is 3.01. The summed E-state index contributed by atoms with van der Waals surface area (Å²) >= 11 is 0. The van der Waals surface area contributed by atoms with Crippen molar-refractivity contribution < 1.29 is 9.47 Å². The van der Waals surface area contributed by atoms with E-state index in [1.54, 1.807) is 7.11 Å². The quantitative estimate of drug-likeness (QED) is 0.710. The van der Waals surface area contributed by atoms with Gasteiger partial charge in [0.05, 0.1) is 13.2 Å². The van der Waals surface area contributed by atoms with E-state index in [0.717, 1.165) is 5.69 Å². The Morgan fingerprint density at radius 1 is 1.46 bits per heavy atom. The molecule has 0 radical (unpaired) electrons. The molecule has 0 amide bonds. The molecule has 1 aromatic carbocycles. The Morgan fingerprint density at radius 2 is 2.31 bits per heavy atom. The van der Waals surface area contributed by atoms with Gasteiger partial charge in [-0.25, -0.2) is 0 Å². The van der Waals surface area contributed by atoms with E-state index < -0.39 is 0 Å². The number of hydrogen-bond acceptors (Lipinski definition) is 3. The summed E-state index contributed by atoms with van der Waals surface area (Å²) in [5.74, 6) is 0. The van der Waals surface area contributed by atoms with Crippen LogP contribution in [-0.2, 0) is 16.1 Å². The second-order valence-electron chi connectivity index (χ2n) is 3.01. The van der Waals surface area contributed by atoms with Crippen molar-refractivity contribution in [2.24, 2.45) is 0 Å². The standard InChI is InChI=1S/C10H13NO2/c1-12-10-6-11-9-5-3-2-4-8(9)7-13-10/h2-5,10-11H,6-7H2,1H3. The van der Waals surface area contributed by atoms with Crippen molar-refractivity contribution in [3.8, 4) is 0 Å². The number of methoxy groups -OCH3 is 1. The molecule has 13 heavy (non-hydrogen) atoms. The van der Waals surface area contributed by atoms with Gasteiger partial charge in [-0.1, -0.05) is 18.2 Å². The molecule has 0 aromatic heterocycles. The van der Waals surface area contributed by atoms with Crippen molar-refractivity contribution in [3.05, 3.63) is 29.8 Å². The van der Waals surface area contributed by atoms with Gasteiger partial charge in [0.25, 0.3) is 0 Å². The highest BCUT2D eigenvalue weighted by atomic mass is 16.7. The number of nitrogens with one attached hydrogen (secondary N) is 1. The van der Waals surface area contributed by atoms with Crippen LogP contribution >= 0.6 is 0 Å². The summed E-state index contributed by atoms with van der Waals surface area (Å²) in [5, 5.41) is 3.28. The predicted molar refractivity (Wildman–Crippen MR) is 50.5 cm³/mol. The van der Waals surface area contributed by atoms with Crippen LogP contribution < -0.4 is 5.32 Å². The molecule has 0 saturated heterocycles. The first kappa shape index (κ1) is 8.53. The minimum atomic E-state index is -0.146. The average Bonchev–Trinajstić information content (AvgIpc) is 2.39. The molecule has 3 nitrogen and oxygen atoms in total. The molecular weight excluding hydrogens is 166 g/mol. The molecule has 2 rings (SSSR count). The molecule has 70 valence electrons. The molecule has 1 N–H and O–H groups in total. The maximum Gasteiger partial charge on any atom is 0.174 e. The summed E-state index contributed by atoms with van der Waals surface area (Å²) in [6.45, 7) is 1.31. The van der Waals surface area contributed by atoms with Crippen molar-refractivity contribution in [2.75, 3.05) is 19.0 Å². The number of rotatable bonds is 1. The van der Waals surface area contributed by atoms with Crippen LogP contribution in [0.4, 0.5) is 5.69 Å². The van der Waals surface area contributed by atoms with Crippen LogP contribution in [0.1, 0.15) is 5.56 Å². The number of para-hydroxylation sites is 1. The van der Waals surface area contributed by atoms with Gasteiger partial charge in [-0.15, -0.1) is 0 Å². The third kappa shape index (κ3) is 1.82. The molecule has 3 heteroatoms. The summed E-state index contributed by atoms with van der Waals surface area (Å²) in [5.41, 5.74) is 2.32. The Kier molecular flexibility index (Phi) is 2.47. The minimum absolute atomic E-state index is 0.146. The third-order valence-electron chi connectivity index (χ3n) is 2.16. The van der Waals surface area contributed by atoms with Crippen LogP contribution in [0.25, 0.3) is 0 Å². The van der Waals surface area contributed by atoms with E-state index in [0.29, 0.717) is 13.2 Å². The van der Waals surface area contributed by atoms with Gasteiger partial charge in [0.15, 0.2) is 6.29 Å². The first-order chi connectivity index (χ1) is 6.40. The van der Waals surface area contributed by atoms with E-state index in [1.165, 1.54) is 5.56 Å². The lowest BCUT2D eigenvalue weighted by atomic mass is 10.2. The van der Waals surface area contributed by atoms with Gasteiger partial charge in [-0.3, -0.25) is 0 Å². The monoisotopic (exact) mass is 179 g/mol. The second kappa shape index (κ2) is 3.77. The highest BCUT2D eigenvalue weighted by Gasteiger charge is 2.13. The van der Waals surface area contributed by atoms with Crippen LogP contribution in [0.15, 0.2) is 24.3 Å². The summed E-state index contributed by atoms with van der Waals surface area (Å²) in [7, 11) is 1.66. The van der Waals surface area contributed by atoms with E-state index in [9.17, 15) is 0 Å². The molecule has 1 atom stereocenters. The van der Waals surface area contributed by atoms with Crippen LogP contribution in [-0.4, -0.2) is 19.9 Å². The third-order valence-corrected chi connectivity index (χ3v) is 2.16. The van der Waals surface area contributed by atoms with E-state index in [4.69, 9.17) is 9.47 Å². The van der Waals surface area contributed by atoms with Gasteiger partial charge < -0.3 is 14.8 Å². The highest BCUT2D eigenvalue weighted by molar-refractivity contribution is 5.51. The molecule has 1 aromatic rings. The summed E-state index contributed by atoms with van der Waals surface area (Å²) in [6.07, 6.45) is -0.146. The molecule has 1 heterocycles. The van der Waals surface area contributed by atoms with Gasteiger partial charge in [-0.05, 0) is 6.07 Å². The molecule has 0 saturated carbocycles. The fourth-order valence-electron chi connectivity index (χ4n) is 1.40. The number of benzene rings is 1. The van der Waals surface area contributed by atoms with Crippen LogP contribution in [0.2, 0.25) is 0 Å². The SMILES string of the molecule is COC1CNc2ccccc2CO1. The Hall–Kier alpha value is -1.06. The largest absolute Gasteiger partial charge is 0.380 e.